The zero-order valence-electron chi connectivity index (χ0n) is 10.6. The van der Waals surface area contributed by atoms with Crippen LogP contribution in [0, 0.1) is 17.8 Å². The van der Waals surface area contributed by atoms with Crippen molar-refractivity contribution in [1.82, 2.24) is 10.2 Å². The van der Waals surface area contributed by atoms with Gasteiger partial charge in [-0.3, -0.25) is 9.59 Å². The first-order valence-corrected chi connectivity index (χ1v) is 6.98. The minimum Gasteiger partial charge on any atom is -0.369 e. The lowest BCUT2D eigenvalue weighted by molar-refractivity contribution is -0.133. The van der Waals surface area contributed by atoms with Crippen LogP contribution in [0.1, 0.15) is 25.7 Å². The topological polar surface area (TPSA) is 75.4 Å². The lowest BCUT2D eigenvalue weighted by atomic mass is 9.93. The standard InChI is InChI=1S/C13H21N3O2/c14-12(17)9-4-5-16(7-9)13(18)11-10-3-1-2-8(10)6-15-11/h8-11,15H,1-7H2,(H2,14,17). The van der Waals surface area contributed by atoms with Crippen molar-refractivity contribution in [2.45, 2.75) is 31.7 Å². The molecule has 0 aromatic heterocycles. The van der Waals surface area contributed by atoms with Gasteiger partial charge in [-0.2, -0.15) is 0 Å². The number of nitrogens with zero attached hydrogens (tertiary/aromatic N) is 1. The van der Waals surface area contributed by atoms with E-state index in [1.165, 1.54) is 19.3 Å². The van der Waals surface area contributed by atoms with Crippen molar-refractivity contribution >= 4 is 11.8 Å². The van der Waals surface area contributed by atoms with Gasteiger partial charge in [0.25, 0.3) is 0 Å². The van der Waals surface area contributed by atoms with E-state index in [1.807, 2.05) is 4.90 Å². The van der Waals surface area contributed by atoms with Gasteiger partial charge < -0.3 is 16.0 Å². The van der Waals surface area contributed by atoms with Crippen LogP contribution in [0.25, 0.3) is 0 Å². The van der Waals surface area contributed by atoms with E-state index < -0.39 is 0 Å². The SMILES string of the molecule is NC(=O)C1CCN(C(=O)C2NCC3CCCC32)C1. The van der Waals surface area contributed by atoms with E-state index in [0.717, 1.165) is 13.0 Å². The number of hydrogen-bond donors (Lipinski definition) is 2. The molecule has 0 bridgehead atoms. The van der Waals surface area contributed by atoms with Gasteiger partial charge in [-0.15, -0.1) is 0 Å². The molecule has 5 heteroatoms. The van der Waals surface area contributed by atoms with Gasteiger partial charge in [0.1, 0.15) is 0 Å². The molecule has 4 atom stereocenters. The number of fused-ring (bicyclic) bond motifs is 1. The summed E-state index contributed by atoms with van der Waals surface area (Å²) in [6.45, 7) is 2.18. The van der Waals surface area contributed by atoms with E-state index in [1.54, 1.807) is 0 Å². The average Bonchev–Trinajstić information content (AvgIpc) is 3.04. The number of primary amides is 1. The van der Waals surface area contributed by atoms with Crippen LogP contribution in [0.4, 0.5) is 0 Å². The molecule has 0 spiro atoms. The number of nitrogens with one attached hydrogen (secondary N) is 1. The van der Waals surface area contributed by atoms with Crippen LogP contribution in [0.5, 0.6) is 0 Å². The molecule has 1 aliphatic carbocycles. The second-order valence-corrected chi connectivity index (χ2v) is 5.91. The first-order chi connectivity index (χ1) is 8.66. The number of carbonyl (C=O) groups is 2. The van der Waals surface area contributed by atoms with Crippen LogP contribution in [0.3, 0.4) is 0 Å². The molecule has 5 nitrogen and oxygen atoms in total. The highest BCUT2D eigenvalue weighted by atomic mass is 16.2. The fourth-order valence-corrected chi connectivity index (χ4v) is 3.85. The van der Waals surface area contributed by atoms with Crippen LogP contribution in [0.2, 0.25) is 0 Å². The van der Waals surface area contributed by atoms with E-state index in [2.05, 4.69) is 5.32 Å². The van der Waals surface area contributed by atoms with Gasteiger partial charge in [0.15, 0.2) is 0 Å². The molecule has 3 fully saturated rings. The molecule has 0 aromatic carbocycles. The Balaban J connectivity index is 1.63. The van der Waals surface area contributed by atoms with Crippen LogP contribution in [-0.4, -0.2) is 42.4 Å². The highest BCUT2D eigenvalue weighted by Crippen LogP contribution is 2.38. The predicted molar refractivity (Wildman–Crippen MR) is 66.5 cm³/mol. The molecular weight excluding hydrogens is 230 g/mol. The Hall–Kier alpha value is -1.10. The van der Waals surface area contributed by atoms with Gasteiger partial charge in [-0.25, -0.2) is 0 Å². The number of carbonyl (C=O) groups excluding carboxylic acids is 2. The largest absolute Gasteiger partial charge is 0.369 e. The van der Waals surface area contributed by atoms with E-state index in [9.17, 15) is 9.59 Å². The van der Waals surface area contributed by atoms with Crippen LogP contribution in [-0.2, 0) is 9.59 Å². The molecule has 3 aliphatic rings. The van der Waals surface area contributed by atoms with Crippen molar-refractivity contribution in [1.29, 1.82) is 0 Å². The molecule has 4 unspecified atom stereocenters. The Morgan fingerprint density at radius 3 is 2.78 bits per heavy atom. The predicted octanol–water partition coefficient (Wildman–Crippen LogP) is -0.292. The number of nitrogens with two attached hydrogens (primary N) is 1. The summed E-state index contributed by atoms with van der Waals surface area (Å²) in [5, 5.41) is 3.37. The third-order valence-electron chi connectivity index (χ3n) is 4.91. The van der Waals surface area contributed by atoms with Gasteiger partial charge in [0.05, 0.1) is 12.0 Å². The molecule has 2 heterocycles. The summed E-state index contributed by atoms with van der Waals surface area (Å²) in [7, 11) is 0. The number of amides is 2. The smallest absolute Gasteiger partial charge is 0.240 e. The van der Waals surface area contributed by atoms with Gasteiger partial charge in [0.2, 0.25) is 11.8 Å². The second-order valence-electron chi connectivity index (χ2n) is 5.91. The van der Waals surface area contributed by atoms with E-state index in [-0.39, 0.29) is 23.8 Å². The Bertz CT molecular complexity index is 371. The molecular formula is C13H21N3O2. The number of rotatable bonds is 2. The summed E-state index contributed by atoms with van der Waals surface area (Å²) >= 11 is 0. The maximum atomic E-state index is 12.5. The Morgan fingerprint density at radius 2 is 2.06 bits per heavy atom. The Morgan fingerprint density at radius 1 is 1.22 bits per heavy atom. The van der Waals surface area contributed by atoms with Gasteiger partial charge >= 0.3 is 0 Å². The van der Waals surface area contributed by atoms with Gasteiger partial charge in [0, 0.05) is 13.1 Å². The van der Waals surface area contributed by atoms with E-state index in [4.69, 9.17) is 5.73 Å². The minimum absolute atomic E-state index is 0.0101. The zero-order valence-corrected chi connectivity index (χ0v) is 10.6. The quantitative estimate of drug-likeness (QED) is 0.708. The van der Waals surface area contributed by atoms with E-state index in [0.29, 0.717) is 24.9 Å². The lowest BCUT2D eigenvalue weighted by Gasteiger charge is -2.24. The summed E-state index contributed by atoms with van der Waals surface area (Å²) in [5.74, 6) is 0.977. The van der Waals surface area contributed by atoms with Crippen molar-refractivity contribution < 1.29 is 9.59 Å². The number of hydrogen-bond acceptors (Lipinski definition) is 3. The first-order valence-electron chi connectivity index (χ1n) is 6.98. The summed E-state index contributed by atoms with van der Waals surface area (Å²) in [4.78, 5) is 25.4. The van der Waals surface area contributed by atoms with Crippen LogP contribution in [0.15, 0.2) is 0 Å². The molecule has 3 rings (SSSR count). The van der Waals surface area contributed by atoms with Gasteiger partial charge in [-0.05, 0) is 37.6 Å². The van der Waals surface area contributed by atoms with Crippen molar-refractivity contribution in [3.8, 4) is 0 Å². The van der Waals surface area contributed by atoms with Crippen molar-refractivity contribution in [2.24, 2.45) is 23.5 Å². The zero-order chi connectivity index (χ0) is 12.7. The van der Waals surface area contributed by atoms with Crippen molar-refractivity contribution in [3.05, 3.63) is 0 Å². The van der Waals surface area contributed by atoms with Crippen LogP contribution < -0.4 is 11.1 Å². The molecule has 0 radical (unpaired) electrons. The average molecular weight is 251 g/mol. The van der Waals surface area contributed by atoms with Crippen molar-refractivity contribution in [2.75, 3.05) is 19.6 Å². The minimum atomic E-state index is -0.275. The molecule has 2 aliphatic heterocycles. The molecule has 2 amide bonds. The fraction of sp³-hybridized carbons (Fsp3) is 0.846. The molecule has 18 heavy (non-hydrogen) atoms. The van der Waals surface area contributed by atoms with Gasteiger partial charge in [-0.1, -0.05) is 6.42 Å². The summed E-state index contributed by atoms with van der Waals surface area (Å²) < 4.78 is 0. The third kappa shape index (κ3) is 1.90. The molecule has 1 saturated carbocycles. The second kappa shape index (κ2) is 4.53. The Kier molecular flexibility index (Phi) is 3.01. The number of likely N-dealkylation sites (tertiary alicyclic amines) is 1. The molecule has 0 aromatic rings. The summed E-state index contributed by atoms with van der Waals surface area (Å²) in [5.41, 5.74) is 5.31. The van der Waals surface area contributed by atoms with E-state index >= 15 is 0 Å². The highest BCUT2D eigenvalue weighted by Gasteiger charge is 2.44. The Labute approximate surface area is 107 Å². The highest BCUT2D eigenvalue weighted by molar-refractivity contribution is 5.85. The first kappa shape index (κ1) is 12.0. The monoisotopic (exact) mass is 251 g/mol. The third-order valence-corrected chi connectivity index (χ3v) is 4.91. The molecule has 2 saturated heterocycles. The molecule has 100 valence electrons. The summed E-state index contributed by atoms with van der Waals surface area (Å²) in [6.07, 6.45) is 4.40. The maximum absolute atomic E-state index is 12.5. The van der Waals surface area contributed by atoms with Crippen molar-refractivity contribution in [3.63, 3.8) is 0 Å². The molecule has 3 N–H and O–H groups in total. The van der Waals surface area contributed by atoms with Crippen LogP contribution >= 0.6 is 0 Å². The lowest BCUT2D eigenvalue weighted by Crippen LogP contribution is -2.45. The maximum Gasteiger partial charge on any atom is 0.240 e. The fourth-order valence-electron chi connectivity index (χ4n) is 3.85. The normalized spacial score (nSPS) is 39.0. The summed E-state index contributed by atoms with van der Waals surface area (Å²) in [6, 6.07) is -0.0101.